The lowest BCUT2D eigenvalue weighted by molar-refractivity contribution is -0.346. The number of ether oxygens (including phenoxy) is 7. The molecule has 0 unspecified atom stereocenters. The van der Waals surface area contributed by atoms with Crippen LogP contribution in [-0.4, -0.2) is 160 Å². The monoisotopic (exact) mass is 1170 g/mol. The normalized spacial score (nSPS) is 29.2. The fourth-order valence-corrected chi connectivity index (χ4v) is 13.1. The Bertz CT molecular complexity index is 2830. The lowest BCUT2D eigenvalue weighted by Crippen LogP contribution is -2.82. The van der Waals surface area contributed by atoms with Crippen LogP contribution in [0.5, 0.6) is 0 Å². The molecule has 5 fully saturated rings. The van der Waals surface area contributed by atoms with Gasteiger partial charge >= 0.3 is 35.9 Å². The largest absolute Gasteiger partial charge is 0.461 e. The molecule has 3 aliphatic heterocycles. The predicted molar refractivity (Wildman–Crippen MR) is 297 cm³/mol. The van der Waals surface area contributed by atoms with Crippen LogP contribution in [0.3, 0.4) is 0 Å². The van der Waals surface area contributed by atoms with Gasteiger partial charge in [0.2, 0.25) is 17.9 Å². The van der Waals surface area contributed by atoms with E-state index in [1.807, 2.05) is 0 Å². The summed E-state index contributed by atoms with van der Waals surface area (Å²) in [4.78, 5) is 128. The zero-order valence-electron chi connectivity index (χ0n) is 49.2. The molecule has 2 saturated carbocycles. The molecule has 2 aromatic rings. The second-order valence-electron chi connectivity index (χ2n) is 24.7. The maximum atomic E-state index is 16.0. The van der Waals surface area contributed by atoms with Crippen molar-refractivity contribution in [2.75, 3.05) is 32.8 Å². The van der Waals surface area contributed by atoms with Crippen molar-refractivity contribution in [1.29, 1.82) is 0 Å². The fourth-order valence-electron chi connectivity index (χ4n) is 13.1. The molecule has 3 saturated heterocycles. The van der Waals surface area contributed by atoms with E-state index in [2.05, 4.69) is 16.2 Å². The van der Waals surface area contributed by atoms with Crippen molar-refractivity contribution in [2.45, 2.75) is 192 Å². The van der Waals surface area contributed by atoms with Crippen LogP contribution in [0.15, 0.2) is 71.8 Å². The second-order valence-corrected chi connectivity index (χ2v) is 24.7. The lowest BCUT2D eigenvalue weighted by Gasteiger charge is -2.67. The molecule has 3 amide bonds. The van der Waals surface area contributed by atoms with E-state index in [1.54, 1.807) is 79.3 Å². The number of carbonyl (C=O) groups is 9. The minimum Gasteiger partial charge on any atom is -0.461 e. The van der Waals surface area contributed by atoms with E-state index in [0.29, 0.717) is 26.2 Å². The third-order valence-corrected chi connectivity index (χ3v) is 17.4. The number of benzene rings is 2. The summed E-state index contributed by atoms with van der Waals surface area (Å²) < 4.78 is 43.1. The van der Waals surface area contributed by atoms with E-state index < -0.39 is 156 Å². The third-order valence-electron chi connectivity index (χ3n) is 17.4. The minimum absolute atomic E-state index is 0.00222. The van der Waals surface area contributed by atoms with E-state index in [-0.39, 0.29) is 41.5 Å². The van der Waals surface area contributed by atoms with E-state index in [1.165, 1.54) is 39.8 Å². The van der Waals surface area contributed by atoms with Crippen molar-refractivity contribution in [1.82, 2.24) is 26.2 Å². The van der Waals surface area contributed by atoms with Gasteiger partial charge in [-0.15, -0.1) is 0 Å². The molecule has 3 heterocycles. The number of esters is 5. The number of rotatable bonds is 18. The van der Waals surface area contributed by atoms with Crippen molar-refractivity contribution in [3.63, 3.8) is 0 Å². The molecule has 11 atom stereocenters. The zero-order valence-corrected chi connectivity index (χ0v) is 49.2. The average molecular weight is 1170 g/mol. The van der Waals surface area contributed by atoms with Gasteiger partial charge in [-0.2, -0.15) is 0 Å². The molecule has 5 N–H and O–H groups in total. The Kier molecular flexibility index (Phi) is 19.4. The first kappa shape index (κ1) is 63.2. The smallest absolute Gasteiger partial charge is 0.408 e. The maximum Gasteiger partial charge on any atom is 0.408 e. The van der Waals surface area contributed by atoms with Crippen LogP contribution in [0.25, 0.3) is 0 Å². The Balaban J connectivity index is 1.21. The van der Waals surface area contributed by atoms with Gasteiger partial charge in [-0.3, -0.25) is 39.6 Å². The molecule has 84 heavy (non-hydrogen) atoms. The molecule has 23 heteroatoms. The molecular weight excluding hydrogens is 1090 g/mol. The van der Waals surface area contributed by atoms with Crippen molar-refractivity contribution in [3.8, 4) is 0 Å². The summed E-state index contributed by atoms with van der Waals surface area (Å²) in [5.74, 6) is -8.72. The van der Waals surface area contributed by atoms with Gasteiger partial charge in [0.05, 0.1) is 36.3 Å². The molecule has 0 radical (unpaired) electrons. The topological polar surface area (TPSA) is 301 Å². The highest BCUT2D eigenvalue weighted by Crippen LogP contribution is 2.64. The molecule has 0 spiro atoms. The van der Waals surface area contributed by atoms with Gasteiger partial charge < -0.3 is 48.7 Å². The molecule has 8 rings (SSSR count). The quantitative estimate of drug-likeness (QED) is 0.0749. The summed E-state index contributed by atoms with van der Waals surface area (Å²) in [5.41, 5.74) is -3.79. The number of aliphatic hydroxyl groups excluding tert-OH is 1. The first-order valence-electron chi connectivity index (χ1n) is 29.1. The summed E-state index contributed by atoms with van der Waals surface area (Å²) in [6.45, 7) is 14.0. The number of hydrogen-bond donors (Lipinski definition) is 5. The Hall–Kier alpha value is -6.79. The van der Waals surface area contributed by atoms with E-state index >= 15 is 9.59 Å². The summed E-state index contributed by atoms with van der Waals surface area (Å²) in [5, 5.41) is 33.3. The van der Waals surface area contributed by atoms with Crippen LogP contribution in [0.2, 0.25) is 0 Å². The van der Waals surface area contributed by atoms with Crippen LogP contribution >= 0.6 is 0 Å². The Labute approximate surface area is 489 Å². The standard InChI is InChI=1S/C61H81N5O18/c1-36-40(79-55(75)50(81-46(71)28-26-44(69)64-66-31-19-12-20-32-66)48(38-21-13-9-14-22-38)62-56(76)84-57(3,4)5)34-61(77)53(82-54(74)39-23-15-10-16-24-39)51-59(8,52(73)49(72)47(36)58(61,6)7)41(33-42-60(51,35-78-42)83-37(2)67)80-45(70)27-25-43(68)63-65-29-17-11-18-30-65/h9-10,13-16,21-24,40-42,48-51,53,72,77H,11-12,17-20,25-35H2,1-8H3,(H,62,76)(H,63,68)(H,64,69)/t40-,41-,42+,48-,49+,50+,51-,53-,59+,60-,61+/m0/s1. The van der Waals surface area contributed by atoms with Crippen LogP contribution in [0.1, 0.15) is 154 Å². The van der Waals surface area contributed by atoms with Gasteiger partial charge in [-0.25, -0.2) is 24.4 Å². The first-order valence-corrected chi connectivity index (χ1v) is 29.1. The number of hydrazine groups is 2. The summed E-state index contributed by atoms with van der Waals surface area (Å²) in [6, 6.07) is 14.2. The SMILES string of the molecule is CC(=O)O[C@@]12CO[C@@H]1C[C@H](OC(=O)CCC(=O)NN1CCCCC1)[C@@]1(C)C(=O)[C@H](O)C3=C(C)[C@@H](OC(=O)[C@H](OC(=O)CCC(=O)NN4CCCCC4)[C@@H](NC(=O)OC(C)(C)C)c4ccccc4)C[C@@](O)([C@@H](OC(=O)c4ccccc4)[C@H]21)C3(C)C. The number of amides is 3. The molecule has 23 nitrogen and oxygen atoms in total. The Morgan fingerprint density at radius 3 is 1.86 bits per heavy atom. The number of aliphatic hydroxyl groups is 2. The van der Waals surface area contributed by atoms with Gasteiger partial charge in [-0.1, -0.05) is 75.2 Å². The lowest BCUT2D eigenvalue weighted by atomic mass is 9.44. The van der Waals surface area contributed by atoms with Gasteiger partial charge in [0.25, 0.3) is 0 Å². The number of alkyl carbamates (subject to hydrolysis) is 1. The van der Waals surface area contributed by atoms with Gasteiger partial charge in [0.15, 0.2) is 11.4 Å². The molecule has 2 bridgehead atoms. The van der Waals surface area contributed by atoms with Crippen LogP contribution in [-0.2, 0) is 66.7 Å². The van der Waals surface area contributed by atoms with E-state index in [0.717, 1.165) is 45.4 Å². The second kappa shape index (κ2) is 25.8. The summed E-state index contributed by atoms with van der Waals surface area (Å²) in [7, 11) is 0. The number of piperidine rings is 2. The maximum absolute atomic E-state index is 16.0. The predicted octanol–water partition coefficient (Wildman–Crippen LogP) is 4.96. The number of hydrogen-bond acceptors (Lipinski definition) is 20. The minimum atomic E-state index is -2.56. The Morgan fingerprint density at radius 1 is 0.762 bits per heavy atom. The number of carbonyl (C=O) groups excluding carboxylic acids is 9. The highest BCUT2D eigenvalue weighted by Gasteiger charge is 2.79. The van der Waals surface area contributed by atoms with Crippen LogP contribution in [0, 0.1) is 16.7 Å². The van der Waals surface area contributed by atoms with E-state index in [4.69, 9.17) is 33.2 Å². The highest BCUT2D eigenvalue weighted by atomic mass is 16.6. The number of Topliss-reactive ketones (excluding diaryl/α,β-unsaturated/α-hetero) is 1. The van der Waals surface area contributed by atoms with Crippen molar-refractivity contribution in [2.24, 2.45) is 16.7 Å². The zero-order chi connectivity index (χ0) is 60.9. The van der Waals surface area contributed by atoms with Gasteiger partial charge in [-0.05, 0) is 89.1 Å². The number of nitrogens with one attached hydrogen (secondary N) is 3. The summed E-state index contributed by atoms with van der Waals surface area (Å²) in [6.07, 6.45) is -8.55. The molecule has 2 aromatic carbocycles. The molecule has 3 aliphatic carbocycles. The first-order chi connectivity index (χ1) is 39.7. The van der Waals surface area contributed by atoms with Crippen molar-refractivity contribution in [3.05, 3.63) is 82.9 Å². The van der Waals surface area contributed by atoms with E-state index in [9.17, 15) is 43.8 Å². The fraction of sp³-hybridized carbons (Fsp3) is 0.623. The molecule has 6 aliphatic rings. The van der Waals surface area contributed by atoms with Gasteiger partial charge in [0.1, 0.15) is 47.8 Å². The number of fused-ring (bicyclic) bond motifs is 5. The molecule has 458 valence electrons. The Morgan fingerprint density at radius 2 is 1.32 bits per heavy atom. The third kappa shape index (κ3) is 13.5. The average Bonchev–Trinajstić information content (AvgIpc) is 0.825. The van der Waals surface area contributed by atoms with Crippen LogP contribution < -0.4 is 16.2 Å². The van der Waals surface area contributed by atoms with Crippen LogP contribution in [0.4, 0.5) is 4.79 Å². The van der Waals surface area contributed by atoms with Crippen molar-refractivity contribution < 1.29 is 86.5 Å². The highest BCUT2D eigenvalue weighted by molar-refractivity contribution is 5.95. The van der Waals surface area contributed by atoms with Crippen molar-refractivity contribution >= 4 is 53.5 Å². The number of nitrogens with zero attached hydrogens (tertiary/aromatic N) is 2. The molecular formula is C61H81N5O18. The summed E-state index contributed by atoms with van der Waals surface area (Å²) >= 11 is 0. The molecule has 0 aromatic heterocycles. The number of ketones is 1. The van der Waals surface area contributed by atoms with Gasteiger partial charge in [0, 0.05) is 64.2 Å².